The summed E-state index contributed by atoms with van der Waals surface area (Å²) in [5.74, 6) is -2.07. The van der Waals surface area contributed by atoms with Crippen LogP contribution in [-0.4, -0.2) is 128 Å². The van der Waals surface area contributed by atoms with Crippen molar-refractivity contribution in [3.8, 4) is 0 Å². The third kappa shape index (κ3) is 13.8. The highest BCUT2D eigenvalue weighted by Crippen LogP contribution is 2.53. The molecule has 8 rings (SSSR count). The minimum absolute atomic E-state index is 0.0437. The number of pyridine rings is 1. The number of primary sulfonamides is 1. The van der Waals surface area contributed by atoms with Crippen LogP contribution in [0, 0.1) is 0 Å². The van der Waals surface area contributed by atoms with Crippen LogP contribution in [0.2, 0.25) is 0 Å². The summed E-state index contributed by atoms with van der Waals surface area (Å²) in [6.45, 7) is 6.35. The predicted molar refractivity (Wildman–Crippen MR) is 312 cm³/mol. The van der Waals surface area contributed by atoms with Crippen LogP contribution < -0.4 is 20.3 Å². The van der Waals surface area contributed by atoms with E-state index in [1.807, 2.05) is 0 Å². The summed E-state index contributed by atoms with van der Waals surface area (Å²) in [5, 5.41) is 7.50. The van der Waals surface area contributed by atoms with Crippen molar-refractivity contribution in [1.29, 1.82) is 0 Å². The number of aromatic nitrogens is 1. The molecule has 0 saturated carbocycles. The summed E-state index contributed by atoms with van der Waals surface area (Å²) in [6.07, 6.45) is 7.13. The summed E-state index contributed by atoms with van der Waals surface area (Å²) in [4.78, 5) is 17.8. The normalized spacial score (nSPS) is 17.3. The van der Waals surface area contributed by atoms with Gasteiger partial charge in [0.1, 0.15) is 9.79 Å². The molecule has 9 N–H and O–H groups in total. The number of hydrogen-bond acceptors (Lipinski definition) is 18. The lowest BCUT2D eigenvalue weighted by Crippen LogP contribution is -2.41. The Balaban J connectivity index is 1.32. The van der Waals surface area contributed by atoms with Gasteiger partial charge in [-0.3, -0.25) is 37.1 Å². The maximum atomic E-state index is 13.5. The Hall–Kier alpha value is -6.57. The molecule has 0 bridgehead atoms. The van der Waals surface area contributed by atoms with Gasteiger partial charge in [-0.15, -0.1) is 0 Å². The van der Waals surface area contributed by atoms with E-state index < -0.39 is 125 Å². The van der Waals surface area contributed by atoms with Gasteiger partial charge < -0.3 is 15.1 Å². The Morgan fingerprint density at radius 1 is 0.612 bits per heavy atom. The van der Waals surface area contributed by atoms with E-state index in [1.54, 1.807) is 61.8 Å². The molecule has 1 atom stereocenters. The molecular formula is C52H55N5O21S7. The van der Waals surface area contributed by atoms with Gasteiger partial charge in [-0.1, -0.05) is 70.2 Å². The van der Waals surface area contributed by atoms with Crippen molar-refractivity contribution in [2.24, 2.45) is 5.14 Å². The molecular weight excluding hydrogens is 1260 g/mol. The van der Waals surface area contributed by atoms with E-state index >= 15 is 0 Å². The summed E-state index contributed by atoms with van der Waals surface area (Å²) in [5.41, 5.74) is -0.219. The molecule has 0 radical (unpaired) electrons. The van der Waals surface area contributed by atoms with Crippen LogP contribution in [0.4, 0.5) is 11.4 Å². The maximum Gasteiger partial charge on any atom is 0.295 e. The Morgan fingerprint density at radius 3 is 1.61 bits per heavy atom. The summed E-state index contributed by atoms with van der Waals surface area (Å²) in [7, 11) is -33.7. The number of nitrogens with one attached hydrogen (secondary N) is 1. The number of sulfonamides is 1. The quantitative estimate of drug-likeness (QED) is 0.0355. The van der Waals surface area contributed by atoms with E-state index in [0.717, 1.165) is 12.1 Å². The molecule has 0 fully saturated rings. The second-order valence-corrected chi connectivity index (χ2v) is 31.4. The Bertz CT molecular complexity index is 4700. The maximum absolute atomic E-state index is 13.5. The minimum atomic E-state index is -5.17. The highest BCUT2D eigenvalue weighted by molar-refractivity contribution is 7.89. The Kier molecular flexibility index (Phi) is 17.1. The number of anilines is 2. The highest BCUT2D eigenvalue weighted by atomic mass is 32.2. The third-order valence-electron chi connectivity index (χ3n) is 14.6. The molecule has 1 unspecified atom stereocenters. The standard InChI is InChI=1S/C52H55N5O21S7/c1-51(2)46(56(21-5-23-79(59,60)61)42-17-14-37-39(48(42)51)25-35(82(67,68)69)27-44(37)84(73,74)75)19-10-32(41-16-9-33(30-54-41)50(58)55-29-31-7-12-34(13-8-31)81(53,65)66)11-20-47-52(3,4)49-40-26-36(83(70,71)72)28-45(85(76,77)78)38(40)15-18-43(49)57(47)22-6-24-80(62,63)64/h7-20,25-28,30,46H,5-6,21-24,29H2,1-4H3,(H,55,58)(H2,53,65,66)(H,59,60,61)(H,62,63,64)(H,67,68,69)(H,70,71,72)(H,73,74,75)(H,76,77,78)/b19-10+,32-11?,47-20?. The zero-order chi connectivity index (χ0) is 63.0. The van der Waals surface area contributed by atoms with Crippen molar-refractivity contribution in [1.82, 2.24) is 10.3 Å². The highest BCUT2D eigenvalue weighted by Gasteiger charge is 2.46. The first-order valence-corrected chi connectivity index (χ1v) is 35.5. The Labute approximate surface area is 490 Å². The van der Waals surface area contributed by atoms with Crippen molar-refractivity contribution < 1.29 is 91.0 Å². The van der Waals surface area contributed by atoms with Gasteiger partial charge in [-0.2, -0.15) is 50.5 Å². The average Bonchev–Trinajstić information content (AvgIpc) is 1.64. The van der Waals surface area contributed by atoms with Crippen molar-refractivity contribution >= 4 is 115 Å². The predicted octanol–water partition coefficient (Wildman–Crippen LogP) is 5.30. The zero-order valence-corrected chi connectivity index (χ0v) is 50.8. The van der Waals surface area contributed by atoms with Gasteiger partial charge in [0.05, 0.1) is 43.5 Å². The van der Waals surface area contributed by atoms with Gasteiger partial charge >= 0.3 is 0 Å². The number of allylic oxidation sites excluding steroid dienone is 5. The first kappa shape index (κ1) is 64.4. The number of nitrogens with zero attached hydrogens (tertiary/aromatic N) is 3. The van der Waals surface area contributed by atoms with Gasteiger partial charge in [0.2, 0.25) is 10.0 Å². The van der Waals surface area contributed by atoms with Crippen molar-refractivity contribution in [3.63, 3.8) is 0 Å². The second kappa shape index (κ2) is 22.6. The second-order valence-electron chi connectivity index (χ2n) is 21.1. The molecule has 26 nitrogen and oxygen atoms in total. The lowest BCUT2D eigenvalue weighted by Gasteiger charge is -2.32. The third-order valence-corrected chi connectivity index (χ3v) is 20.6. The number of carbonyl (C=O) groups excluding carboxylic acids is 1. The van der Waals surface area contributed by atoms with E-state index in [9.17, 15) is 91.0 Å². The molecule has 33 heteroatoms. The largest absolute Gasteiger partial charge is 0.364 e. The molecule has 0 spiro atoms. The van der Waals surface area contributed by atoms with Gasteiger partial charge in [0.15, 0.2) is 0 Å². The molecule has 2 aliphatic heterocycles. The molecule has 6 aromatic rings. The SMILES string of the molecule is CC1(C)C(=CC=C(/C=C/C2N(CCCS(=O)(=O)O)c3ccc4c(S(=O)(=O)O)cc(S(=O)(=O)O)cc4c3C2(C)C)c2ccc(C(=O)NCc3ccc(S(N)(=O)=O)cc3)cn2)N(CCCS(=O)(=O)O)c2ccc3c(S(=O)(=O)O)cc(S(=O)(=O)O)cc3c21. The van der Waals surface area contributed by atoms with Crippen LogP contribution in [0.1, 0.15) is 73.3 Å². The van der Waals surface area contributed by atoms with Gasteiger partial charge in [0, 0.05) is 64.5 Å². The molecule has 85 heavy (non-hydrogen) atoms. The minimum Gasteiger partial charge on any atom is -0.364 e. The number of amides is 1. The number of nitrogens with two attached hydrogens (primary N) is 1. The van der Waals surface area contributed by atoms with Crippen molar-refractivity contribution in [2.45, 2.75) is 88.4 Å². The monoisotopic (exact) mass is 1310 g/mol. The average molecular weight is 1310 g/mol. The first-order chi connectivity index (χ1) is 39.0. The van der Waals surface area contributed by atoms with Crippen molar-refractivity contribution in [3.05, 3.63) is 149 Å². The summed E-state index contributed by atoms with van der Waals surface area (Å²) in [6, 6.07) is 16.1. The van der Waals surface area contributed by atoms with Gasteiger partial charge in [-0.25, -0.2) is 13.6 Å². The Morgan fingerprint density at radius 2 is 1.13 bits per heavy atom. The van der Waals surface area contributed by atoms with Crippen LogP contribution in [0.3, 0.4) is 0 Å². The van der Waals surface area contributed by atoms with Crippen LogP contribution in [-0.2, 0) is 88.1 Å². The molecule has 1 aromatic heterocycles. The zero-order valence-electron chi connectivity index (χ0n) is 45.1. The molecule has 3 heterocycles. The van der Waals surface area contributed by atoms with E-state index in [2.05, 4.69) is 10.3 Å². The molecule has 0 aliphatic carbocycles. The fourth-order valence-electron chi connectivity index (χ4n) is 10.9. The topological polar surface area (TPSA) is 435 Å². The molecule has 0 saturated heterocycles. The van der Waals surface area contributed by atoms with E-state index in [4.69, 9.17) is 5.14 Å². The van der Waals surface area contributed by atoms with Crippen LogP contribution in [0.15, 0.2) is 146 Å². The lowest BCUT2D eigenvalue weighted by molar-refractivity contribution is 0.0950. The lowest BCUT2D eigenvalue weighted by atomic mass is 9.78. The number of benzene rings is 5. The van der Waals surface area contributed by atoms with Gasteiger partial charge in [-0.05, 0) is 113 Å². The fraction of sp³-hybridized carbons (Fsp3) is 0.269. The summed E-state index contributed by atoms with van der Waals surface area (Å²) < 4.78 is 234. The molecule has 2 aliphatic rings. The van der Waals surface area contributed by atoms with Crippen LogP contribution >= 0.6 is 0 Å². The fourth-order valence-corrected chi connectivity index (χ4v) is 15.1. The smallest absolute Gasteiger partial charge is 0.295 e. The number of rotatable bonds is 20. The number of hydrogen-bond donors (Lipinski definition) is 8. The first-order valence-electron chi connectivity index (χ1n) is 25.0. The van der Waals surface area contributed by atoms with Crippen molar-refractivity contribution in [2.75, 3.05) is 34.4 Å². The molecule has 456 valence electrons. The van der Waals surface area contributed by atoms with E-state index in [1.165, 1.54) is 66.9 Å². The van der Waals surface area contributed by atoms with Crippen LogP contribution in [0.5, 0.6) is 0 Å². The van der Waals surface area contributed by atoms with E-state index in [-0.39, 0.29) is 92.6 Å². The molecule has 5 aromatic carbocycles. The van der Waals surface area contributed by atoms with Gasteiger partial charge in [0.25, 0.3) is 66.6 Å². The molecule has 1 amide bonds. The van der Waals surface area contributed by atoms with Crippen LogP contribution in [0.25, 0.3) is 27.1 Å². The van der Waals surface area contributed by atoms with E-state index in [0.29, 0.717) is 29.1 Å². The summed E-state index contributed by atoms with van der Waals surface area (Å²) >= 11 is 0. The number of fused-ring (bicyclic) bond motifs is 6. The number of carbonyl (C=O) groups is 1.